The van der Waals surface area contributed by atoms with Gasteiger partial charge < -0.3 is 87.7 Å². The molecule has 86 heavy (non-hydrogen) atoms. The summed E-state index contributed by atoms with van der Waals surface area (Å²) in [5.41, 5.74) is 1.45. The van der Waals surface area contributed by atoms with E-state index in [1.54, 1.807) is 69.4 Å². The number of likely N-dealkylation sites (N-methyl/N-ethyl adjacent to an activating group) is 1. The van der Waals surface area contributed by atoms with Crippen molar-refractivity contribution in [3.05, 3.63) is 38.0 Å². The van der Waals surface area contributed by atoms with Gasteiger partial charge in [-0.2, -0.15) is 5.48 Å². The Kier molecular flexibility index (Phi) is 24.0. The molecule has 22 nitrogen and oxygen atoms in total. The molecule has 4 heterocycles. The Morgan fingerprint density at radius 2 is 1.63 bits per heavy atom. The molecule has 1 spiro atoms. The highest BCUT2D eigenvalue weighted by Gasteiger charge is 2.78. The number of benzene rings is 1. The van der Waals surface area contributed by atoms with Gasteiger partial charge in [-0.3, -0.25) is 14.4 Å². The van der Waals surface area contributed by atoms with E-state index in [0.29, 0.717) is 37.8 Å². The number of nitrogens with one attached hydrogen (secondary N) is 2. The molecule has 7 aliphatic rings. The molecular weight excluding hydrogens is 1290 g/mol. The molecule has 478 valence electrons. The average molecular weight is 1380 g/mol. The minimum atomic E-state index is -1.73. The van der Waals surface area contributed by atoms with Gasteiger partial charge in [0.25, 0.3) is 0 Å². The molecule has 4 saturated heterocycles. The number of hydrogen-bond donors (Lipinski definition) is 7. The molecule has 26 heteroatoms. The largest absolute Gasteiger partial charge is 0.492 e. The molecule has 0 amide bonds. The van der Waals surface area contributed by atoms with E-state index in [1.165, 1.54) is 28.3 Å². The Morgan fingerprint density at radius 3 is 2.28 bits per heavy atom. The van der Waals surface area contributed by atoms with Crippen molar-refractivity contribution in [1.29, 1.82) is 0 Å². The van der Waals surface area contributed by atoms with Crippen LogP contribution in [0.15, 0.2) is 23.3 Å². The van der Waals surface area contributed by atoms with Gasteiger partial charge in [0.15, 0.2) is 30.4 Å². The number of ketones is 2. The number of Topliss-reactive ketones (excluding diaryl/α,β-unsaturated/α-hetero) is 2. The van der Waals surface area contributed by atoms with Gasteiger partial charge in [0.05, 0.1) is 83.2 Å². The summed E-state index contributed by atoms with van der Waals surface area (Å²) >= 11 is 2.86. The average Bonchev–Trinajstić information content (AvgIpc) is 1.42. The van der Waals surface area contributed by atoms with Crippen LogP contribution >= 0.6 is 55.9 Å². The summed E-state index contributed by atoms with van der Waals surface area (Å²) in [5.74, 6) is 11.2. The van der Waals surface area contributed by atoms with Gasteiger partial charge >= 0.3 is 0 Å². The lowest BCUT2D eigenvalue weighted by Gasteiger charge is -2.60. The van der Waals surface area contributed by atoms with Gasteiger partial charge in [-0.25, -0.2) is 0 Å². The number of thioether (sulfide) groups is 1. The highest BCUT2D eigenvalue weighted by atomic mass is 127. The smallest absolute Gasteiger partial charge is 0.229 e. The van der Waals surface area contributed by atoms with Crippen LogP contribution in [-0.2, 0) is 52.3 Å². The van der Waals surface area contributed by atoms with Gasteiger partial charge in [0, 0.05) is 68.3 Å². The Hall–Kier alpha value is -2.63. The fourth-order valence-electron chi connectivity index (χ4n) is 12.7. The fraction of sp³-hybridized carbons (Fsp3) is 0.717. The third-order valence-electron chi connectivity index (χ3n) is 16.9. The molecule has 0 bridgehead atoms. The molecule has 22 atom stereocenters. The van der Waals surface area contributed by atoms with E-state index in [9.17, 15) is 39.9 Å². The Bertz CT molecular complexity index is 2800. The van der Waals surface area contributed by atoms with Gasteiger partial charge in [-0.05, 0) is 87.9 Å². The van der Waals surface area contributed by atoms with Crippen LogP contribution in [0.25, 0.3) is 0 Å². The van der Waals surface area contributed by atoms with Crippen molar-refractivity contribution in [2.75, 3.05) is 47.3 Å². The number of ether oxygens (including phenoxy) is 11. The van der Waals surface area contributed by atoms with E-state index in [1.807, 2.05) is 35.6 Å². The summed E-state index contributed by atoms with van der Waals surface area (Å²) < 4.78 is 68.3. The number of hydrogen-bond acceptors (Lipinski definition) is 25. The molecule has 8 rings (SSSR count). The molecule has 0 aromatic heterocycles. The number of aliphatic hydroxyl groups is 5. The molecule has 1 aromatic carbocycles. The third-order valence-corrected chi connectivity index (χ3v) is 22.4. The van der Waals surface area contributed by atoms with Crippen LogP contribution < -0.4 is 25.0 Å². The molecule has 3 unspecified atom stereocenters. The molecule has 2 saturated carbocycles. The lowest BCUT2D eigenvalue weighted by Crippen LogP contribution is -2.69. The predicted octanol–water partition coefficient (Wildman–Crippen LogP) is 4.32. The second kappa shape index (κ2) is 29.8. The predicted molar refractivity (Wildman–Crippen MR) is 328 cm³/mol. The molecule has 7 N–H and O–H groups in total. The van der Waals surface area contributed by atoms with Crippen molar-refractivity contribution in [3.63, 3.8) is 0 Å². The quantitative estimate of drug-likeness (QED) is 0.0201. The first kappa shape index (κ1) is 69.3. The topological polar surface area (TPSA) is 287 Å². The first-order valence-corrected chi connectivity index (χ1v) is 33.3. The number of aliphatic hydroxyl groups excluding tert-OH is 4. The number of hydroxylamine groups is 1. The maximum Gasteiger partial charge on any atom is 0.229 e. The van der Waals surface area contributed by atoms with Crippen LogP contribution in [0.1, 0.15) is 97.0 Å². The highest BCUT2D eigenvalue weighted by molar-refractivity contribution is 14.1. The lowest BCUT2D eigenvalue weighted by atomic mass is 9.44. The van der Waals surface area contributed by atoms with E-state index in [2.05, 4.69) is 48.3 Å². The Morgan fingerprint density at radius 1 is 0.907 bits per heavy atom. The van der Waals surface area contributed by atoms with Crippen molar-refractivity contribution in [2.24, 2.45) is 17.3 Å². The van der Waals surface area contributed by atoms with Crippen molar-refractivity contribution in [1.82, 2.24) is 10.8 Å². The molecular formula is C60H83IN2O20S3. The summed E-state index contributed by atoms with van der Waals surface area (Å²) in [7, 11) is 8.98. The minimum absolute atomic E-state index is 0.0392. The normalized spacial score (nSPS) is 39.7. The van der Waals surface area contributed by atoms with Crippen LogP contribution in [0.4, 0.5) is 0 Å². The second-order valence-corrected chi connectivity index (χ2v) is 28.2. The first-order chi connectivity index (χ1) is 40.9. The zero-order valence-corrected chi connectivity index (χ0v) is 55.3. The zero-order valence-electron chi connectivity index (χ0n) is 50.7. The maximum absolute atomic E-state index is 14.5. The third kappa shape index (κ3) is 14.1. The highest BCUT2D eigenvalue weighted by Crippen LogP contribution is 2.70. The molecule has 0 radical (unpaired) electrons. The zero-order chi connectivity index (χ0) is 62.7. The summed E-state index contributed by atoms with van der Waals surface area (Å²) in [4.78, 5) is 47.7. The standard InChI is InChI=1S/C60H83IN2O20S3/c1-14-62-36-26-76-41(24-40(36)72-10)81-53-48(68)46(31(7)78-58(53)80-39-17-15-16-28(4)18-20-59-35(22-29(5)64)38(66)25-60(59,71)34(44(39)59)19-21-84-86-27(2)3)63-83-42-23-37(65)55(33(9)77-42)85-56(70)43-30(6)45(61)51(54(75-13)50(43)73-11)82-57-49(69)52(74-12)47(67)32(8)79-57/h16,19,27,31-33,35-37,39-42,44,46-49,52-53,55,57-58,62-63,65,67-69,71H,14,21-26H2,1-13H3/b28-16-,34-19+/t31-,32+,33-,35?,36+,37+,39+,40+,41+,42+,44?,46-,47+,48+,49-,52-,53-,55-,57+,58+,59?,60+/m1/s1. The van der Waals surface area contributed by atoms with Gasteiger partial charge in [-0.1, -0.05) is 83.9 Å². The van der Waals surface area contributed by atoms with Gasteiger partial charge in [0.1, 0.15) is 53.8 Å². The van der Waals surface area contributed by atoms with Crippen molar-refractivity contribution >= 4 is 72.6 Å². The fourth-order valence-corrected chi connectivity index (χ4v) is 16.3. The van der Waals surface area contributed by atoms with Crippen LogP contribution in [0.2, 0.25) is 0 Å². The molecule has 1 aromatic rings. The number of halogens is 1. The van der Waals surface area contributed by atoms with Crippen LogP contribution in [0.5, 0.6) is 17.2 Å². The van der Waals surface area contributed by atoms with Crippen molar-refractivity contribution in [3.8, 4) is 40.9 Å². The summed E-state index contributed by atoms with van der Waals surface area (Å²) in [5, 5.41) is 61.3. The van der Waals surface area contributed by atoms with Crippen molar-refractivity contribution < 1.29 is 96.9 Å². The molecule has 3 aliphatic carbocycles. The monoisotopic (exact) mass is 1370 g/mol. The number of allylic oxidation sites excluding steroid dienone is 2. The maximum atomic E-state index is 14.5. The van der Waals surface area contributed by atoms with E-state index in [4.69, 9.17) is 56.9 Å². The van der Waals surface area contributed by atoms with Crippen LogP contribution in [0, 0.1) is 51.4 Å². The Labute approximate surface area is 529 Å². The van der Waals surface area contributed by atoms with E-state index >= 15 is 0 Å². The lowest BCUT2D eigenvalue weighted by molar-refractivity contribution is -0.342. The number of methoxy groups -OCH3 is 4. The second-order valence-electron chi connectivity index (χ2n) is 23.0. The van der Waals surface area contributed by atoms with Gasteiger partial charge in [-0.15, -0.1) is 0 Å². The van der Waals surface area contributed by atoms with Crippen LogP contribution in [-0.4, -0.2) is 210 Å². The van der Waals surface area contributed by atoms with Crippen LogP contribution in [0.3, 0.4) is 0 Å². The summed E-state index contributed by atoms with van der Waals surface area (Å²) in [6.45, 7) is 17.0. The SMILES string of the molecule is CCN[C@H]1CO[C@@H](O[C@H]2[C@H](O[C@H]3C#C/C=C(/C)C#CC45C(CC(C)=O)C(=O)C[C@]4(O)/C(=C/CSSC(C)C)C35)O[C@H](C)[C@@H](NO[C@H]3C[C@H](O)[C@H](SC(=O)c4c(C)c(I)c(O[C@@H]5O[C@@H](C)[C@H](O)[C@@H](OC)[C@H]5O)c(OC)c4OC)[C@@H](C)O3)[C@@H]2O)C[C@@H]1OC. The number of carbonyl (C=O) groups is 3. The van der Waals surface area contributed by atoms with E-state index < -0.39 is 125 Å². The summed E-state index contributed by atoms with van der Waals surface area (Å²) in [6.07, 6.45) is -12.7. The van der Waals surface area contributed by atoms with Gasteiger partial charge in [0.2, 0.25) is 17.2 Å². The molecule has 4 aliphatic heterocycles. The number of carbonyl (C=O) groups excluding carboxylic acids is 3. The van der Waals surface area contributed by atoms with E-state index in [0.717, 1.165) is 11.8 Å². The summed E-state index contributed by atoms with van der Waals surface area (Å²) in [6, 6.07) is -1.18. The Balaban J connectivity index is 1.02. The minimum Gasteiger partial charge on any atom is -0.492 e. The first-order valence-electron chi connectivity index (χ1n) is 29.0. The molecule has 6 fully saturated rings. The number of rotatable bonds is 23. The van der Waals surface area contributed by atoms with E-state index in [-0.39, 0.29) is 78.8 Å². The van der Waals surface area contributed by atoms with Crippen molar-refractivity contribution in [2.45, 2.75) is 208 Å².